The molecular weight excluding hydrogens is 272 g/mol. The van der Waals surface area contributed by atoms with Gasteiger partial charge in [0.15, 0.2) is 5.16 Å². The van der Waals surface area contributed by atoms with E-state index in [1.807, 2.05) is 31.2 Å². The van der Waals surface area contributed by atoms with Crippen LogP contribution in [0, 0.1) is 6.92 Å². The van der Waals surface area contributed by atoms with Crippen LogP contribution in [0.1, 0.15) is 16.7 Å². The summed E-state index contributed by atoms with van der Waals surface area (Å²) < 4.78 is 0. The van der Waals surface area contributed by atoms with E-state index < -0.39 is 5.97 Å². The highest BCUT2D eigenvalue weighted by Gasteiger charge is 2.02. The maximum Gasteiger partial charge on any atom is 0.328 e. The molecule has 0 fully saturated rings. The van der Waals surface area contributed by atoms with Crippen LogP contribution in [0.25, 0.3) is 6.08 Å². The molecule has 0 spiro atoms. The van der Waals surface area contributed by atoms with E-state index in [-0.39, 0.29) is 0 Å². The van der Waals surface area contributed by atoms with Crippen molar-refractivity contribution in [3.8, 4) is 0 Å². The van der Waals surface area contributed by atoms with Crippen LogP contribution in [0.5, 0.6) is 0 Å². The summed E-state index contributed by atoms with van der Waals surface area (Å²) in [6, 6.07) is 7.69. The molecule has 1 aromatic carbocycles. The predicted octanol–water partition coefficient (Wildman–Crippen LogP) is 3.18. The Morgan fingerprint density at radius 2 is 2.00 bits per heavy atom. The van der Waals surface area contributed by atoms with Crippen molar-refractivity contribution in [2.45, 2.75) is 17.8 Å². The number of rotatable bonds is 5. The molecule has 0 aliphatic carbocycles. The molecule has 1 N–H and O–H groups in total. The highest BCUT2D eigenvalue weighted by Crippen LogP contribution is 2.22. The summed E-state index contributed by atoms with van der Waals surface area (Å²) in [6.07, 6.45) is 6.32. The highest BCUT2D eigenvalue weighted by molar-refractivity contribution is 7.98. The van der Waals surface area contributed by atoms with Gasteiger partial charge in [0, 0.05) is 24.2 Å². The summed E-state index contributed by atoms with van der Waals surface area (Å²) in [7, 11) is 0. The van der Waals surface area contributed by atoms with E-state index in [2.05, 4.69) is 9.97 Å². The lowest BCUT2D eigenvalue weighted by atomic mass is 10.1. The Kier molecular flexibility index (Phi) is 4.90. The third kappa shape index (κ3) is 4.20. The zero-order valence-corrected chi connectivity index (χ0v) is 11.8. The van der Waals surface area contributed by atoms with Crippen molar-refractivity contribution in [1.82, 2.24) is 9.97 Å². The van der Waals surface area contributed by atoms with Gasteiger partial charge in [-0.05, 0) is 29.7 Å². The quantitative estimate of drug-likeness (QED) is 0.519. The van der Waals surface area contributed by atoms with Gasteiger partial charge in [-0.3, -0.25) is 0 Å². The van der Waals surface area contributed by atoms with E-state index >= 15 is 0 Å². The molecule has 4 nitrogen and oxygen atoms in total. The van der Waals surface area contributed by atoms with Gasteiger partial charge in [0.1, 0.15) is 0 Å². The number of aliphatic carboxylic acids is 1. The number of aryl methyl sites for hydroxylation is 1. The predicted molar refractivity (Wildman–Crippen MR) is 79.4 cm³/mol. The van der Waals surface area contributed by atoms with Crippen molar-refractivity contribution in [2.24, 2.45) is 0 Å². The minimum atomic E-state index is -0.950. The first-order chi connectivity index (χ1) is 9.65. The van der Waals surface area contributed by atoms with Crippen LogP contribution in [-0.2, 0) is 10.5 Å². The minimum Gasteiger partial charge on any atom is -0.478 e. The van der Waals surface area contributed by atoms with Gasteiger partial charge >= 0.3 is 5.97 Å². The topological polar surface area (TPSA) is 63.1 Å². The fraction of sp³-hybridized carbons (Fsp3) is 0.133. The molecule has 2 aromatic rings. The summed E-state index contributed by atoms with van der Waals surface area (Å²) in [4.78, 5) is 19.1. The second-order valence-electron chi connectivity index (χ2n) is 4.20. The summed E-state index contributed by atoms with van der Waals surface area (Å²) in [5, 5.41) is 9.40. The zero-order valence-electron chi connectivity index (χ0n) is 11.0. The maximum atomic E-state index is 10.6. The van der Waals surface area contributed by atoms with Crippen LogP contribution >= 0.6 is 11.8 Å². The summed E-state index contributed by atoms with van der Waals surface area (Å²) in [5.74, 6) is -0.252. The SMILES string of the molecule is Cc1cnc(SCc2ccccc2C=CC(=O)O)nc1. The lowest BCUT2D eigenvalue weighted by Crippen LogP contribution is -1.91. The van der Waals surface area contributed by atoms with Crippen molar-refractivity contribution >= 4 is 23.8 Å². The molecule has 0 atom stereocenters. The number of hydrogen-bond acceptors (Lipinski definition) is 4. The minimum absolute atomic E-state index is 0.698. The van der Waals surface area contributed by atoms with E-state index in [4.69, 9.17) is 5.11 Å². The average Bonchev–Trinajstić information content (AvgIpc) is 2.45. The van der Waals surface area contributed by atoms with Gasteiger partial charge in [0.2, 0.25) is 0 Å². The second kappa shape index (κ2) is 6.86. The first-order valence-electron chi connectivity index (χ1n) is 6.05. The molecule has 20 heavy (non-hydrogen) atoms. The standard InChI is InChI=1S/C15H14N2O2S/c1-11-8-16-15(17-9-11)20-10-13-5-3-2-4-12(13)6-7-14(18)19/h2-9H,10H2,1H3,(H,18,19). The Balaban J connectivity index is 2.09. The van der Waals surface area contributed by atoms with E-state index in [0.717, 1.165) is 22.8 Å². The normalized spacial score (nSPS) is 10.8. The number of thioether (sulfide) groups is 1. The van der Waals surface area contributed by atoms with E-state index in [0.29, 0.717) is 10.9 Å². The van der Waals surface area contributed by atoms with Crippen LogP contribution in [0.15, 0.2) is 47.9 Å². The van der Waals surface area contributed by atoms with Crippen LogP contribution in [0.2, 0.25) is 0 Å². The number of carboxylic acids is 1. The zero-order chi connectivity index (χ0) is 14.4. The molecule has 0 aliphatic rings. The molecule has 2 rings (SSSR count). The Labute approximate surface area is 121 Å². The van der Waals surface area contributed by atoms with Crippen molar-refractivity contribution in [3.05, 3.63) is 59.4 Å². The molecule has 0 radical (unpaired) electrons. The van der Waals surface area contributed by atoms with Crippen LogP contribution in [0.3, 0.4) is 0 Å². The van der Waals surface area contributed by atoms with Gasteiger partial charge in [-0.15, -0.1) is 0 Å². The molecule has 1 aromatic heterocycles. The van der Waals surface area contributed by atoms with Crippen LogP contribution in [-0.4, -0.2) is 21.0 Å². The maximum absolute atomic E-state index is 10.6. The monoisotopic (exact) mass is 286 g/mol. The number of aromatic nitrogens is 2. The second-order valence-corrected chi connectivity index (χ2v) is 5.14. The Morgan fingerprint density at radius 3 is 2.70 bits per heavy atom. The fourth-order valence-electron chi connectivity index (χ4n) is 1.59. The van der Waals surface area contributed by atoms with Gasteiger partial charge in [-0.2, -0.15) is 0 Å². The molecule has 0 unspecified atom stereocenters. The fourth-order valence-corrected chi connectivity index (χ4v) is 2.39. The Morgan fingerprint density at radius 1 is 1.30 bits per heavy atom. The molecular formula is C15H14N2O2S. The molecule has 0 aliphatic heterocycles. The molecule has 5 heteroatoms. The number of benzene rings is 1. The smallest absolute Gasteiger partial charge is 0.328 e. The summed E-state index contributed by atoms with van der Waals surface area (Å²) in [6.45, 7) is 1.94. The third-order valence-corrected chi connectivity index (χ3v) is 3.50. The van der Waals surface area contributed by atoms with E-state index in [1.165, 1.54) is 11.8 Å². The van der Waals surface area contributed by atoms with Crippen LogP contribution in [0.4, 0.5) is 0 Å². The van der Waals surface area contributed by atoms with Gasteiger partial charge in [-0.25, -0.2) is 14.8 Å². The number of hydrogen-bond donors (Lipinski definition) is 1. The van der Waals surface area contributed by atoms with Crippen molar-refractivity contribution < 1.29 is 9.90 Å². The van der Waals surface area contributed by atoms with E-state index in [9.17, 15) is 4.79 Å². The van der Waals surface area contributed by atoms with Crippen LogP contribution < -0.4 is 0 Å². The summed E-state index contributed by atoms with van der Waals surface area (Å²) in [5.41, 5.74) is 2.98. The first kappa shape index (κ1) is 14.3. The number of nitrogens with zero attached hydrogens (tertiary/aromatic N) is 2. The molecule has 0 saturated heterocycles. The lowest BCUT2D eigenvalue weighted by Gasteiger charge is -2.05. The number of carboxylic acid groups (broad SMARTS) is 1. The Bertz CT molecular complexity index is 624. The molecule has 0 saturated carbocycles. The molecule has 0 bridgehead atoms. The van der Waals surface area contributed by atoms with Crippen molar-refractivity contribution in [1.29, 1.82) is 0 Å². The van der Waals surface area contributed by atoms with Gasteiger partial charge in [0.05, 0.1) is 0 Å². The van der Waals surface area contributed by atoms with Gasteiger partial charge in [-0.1, -0.05) is 36.0 Å². The van der Waals surface area contributed by atoms with Crippen molar-refractivity contribution in [2.75, 3.05) is 0 Å². The lowest BCUT2D eigenvalue weighted by molar-refractivity contribution is -0.131. The molecule has 1 heterocycles. The first-order valence-corrected chi connectivity index (χ1v) is 7.04. The summed E-state index contributed by atoms with van der Waals surface area (Å²) >= 11 is 1.53. The largest absolute Gasteiger partial charge is 0.478 e. The van der Waals surface area contributed by atoms with Crippen molar-refractivity contribution in [3.63, 3.8) is 0 Å². The molecule has 102 valence electrons. The van der Waals surface area contributed by atoms with Gasteiger partial charge < -0.3 is 5.11 Å². The van der Waals surface area contributed by atoms with E-state index in [1.54, 1.807) is 18.5 Å². The van der Waals surface area contributed by atoms with Gasteiger partial charge in [0.25, 0.3) is 0 Å². The highest BCUT2D eigenvalue weighted by atomic mass is 32.2. The Hall–Kier alpha value is -2.14. The third-order valence-electron chi connectivity index (χ3n) is 2.57. The average molecular weight is 286 g/mol. The number of carbonyl (C=O) groups is 1. The molecule has 0 amide bonds.